The van der Waals surface area contributed by atoms with E-state index < -0.39 is 5.97 Å². The minimum atomic E-state index is -0.959. The van der Waals surface area contributed by atoms with E-state index in [-0.39, 0.29) is 5.56 Å². The highest BCUT2D eigenvalue weighted by Gasteiger charge is 2.23. The average Bonchev–Trinajstić information content (AvgIpc) is 2.97. The van der Waals surface area contributed by atoms with Gasteiger partial charge < -0.3 is 14.8 Å². The van der Waals surface area contributed by atoms with Crippen LogP contribution in [0.15, 0.2) is 18.3 Å². The Morgan fingerprint density at radius 2 is 2.44 bits per heavy atom. The molecule has 1 aliphatic heterocycles. The van der Waals surface area contributed by atoms with Gasteiger partial charge in [0.15, 0.2) is 5.15 Å². The van der Waals surface area contributed by atoms with Crippen LogP contribution in [0.3, 0.4) is 0 Å². The number of rotatable bonds is 2. The third-order valence-electron chi connectivity index (χ3n) is 3.30. The van der Waals surface area contributed by atoms with E-state index in [1.54, 1.807) is 18.3 Å². The summed E-state index contributed by atoms with van der Waals surface area (Å²) in [5, 5.41) is 12.6. The van der Waals surface area contributed by atoms with Crippen molar-refractivity contribution in [2.75, 3.05) is 13.1 Å². The summed E-state index contributed by atoms with van der Waals surface area (Å²) in [5.74, 6) is 0.275. The summed E-state index contributed by atoms with van der Waals surface area (Å²) in [6.07, 6.45) is 2.75. The first-order valence-electron chi connectivity index (χ1n) is 5.78. The van der Waals surface area contributed by atoms with Crippen molar-refractivity contribution in [3.05, 3.63) is 34.9 Å². The van der Waals surface area contributed by atoms with Gasteiger partial charge in [-0.05, 0) is 25.1 Å². The van der Waals surface area contributed by atoms with Gasteiger partial charge in [-0.2, -0.15) is 0 Å². The van der Waals surface area contributed by atoms with E-state index in [9.17, 15) is 4.79 Å². The molecule has 3 heterocycles. The molecule has 6 heteroatoms. The number of pyridine rings is 1. The van der Waals surface area contributed by atoms with Gasteiger partial charge in [-0.15, -0.1) is 0 Å². The molecule has 1 fully saturated rings. The summed E-state index contributed by atoms with van der Waals surface area (Å²) in [6.45, 7) is 1.86. The maximum absolute atomic E-state index is 10.9. The molecule has 18 heavy (non-hydrogen) atoms. The Bertz CT molecular complexity index is 617. The van der Waals surface area contributed by atoms with Crippen molar-refractivity contribution in [1.29, 1.82) is 0 Å². The lowest BCUT2D eigenvalue weighted by atomic mass is 10.1. The fourth-order valence-corrected chi connectivity index (χ4v) is 2.60. The molecule has 0 saturated carbocycles. The second-order valence-electron chi connectivity index (χ2n) is 4.43. The largest absolute Gasteiger partial charge is 0.478 e. The number of aromatic nitrogens is 2. The number of imidazole rings is 1. The summed E-state index contributed by atoms with van der Waals surface area (Å²) in [4.78, 5) is 15.3. The van der Waals surface area contributed by atoms with Crippen molar-refractivity contribution in [1.82, 2.24) is 14.7 Å². The van der Waals surface area contributed by atoms with Gasteiger partial charge in [0, 0.05) is 18.7 Å². The number of carboxylic acid groups (broad SMARTS) is 1. The first-order valence-corrected chi connectivity index (χ1v) is 6.16. The molecule has 3 rings (SSSR count). The maximum Gasteiger partial charge on any atom is 0.335 e. The number of carbonyl (C=O) groups is 1. The van der Waals surface area contributed by atoms with Crippen molar-refractivity contribution in [3.63, 3.8) is 0 Å². The number of nitrogens with zero attached hydrogens (tertiary/aromatic N) is 2. The van der Waals surface area contributed by atoms with Crippen LogP contribution in [0.4, 0.5) is 0 Å². The van der Waals surface area contributed by atoms with Gasteiger partial charge in [0.25, 0.3) is 0 Å². The van der Waals surface area contributed by atoms with Crippen LogP contribution < -0.4 is 5.32 Å². The molecular formula is C12H12ClN3O2. The summed E-state index contributed by atoms with van der Waals surface area (Å²) in [5.41, 5.74) is 0.874. The fraction of sp³-hybridized carbons (Fsp3) is 0.333. The van der Waals surface area contributed by atoms with E-state index in [4.69, 9.17) is 16.7 Å². The van der Waals surface area contributed by atoms with Crippen molar-refractivity contribution in [3.8, 4) is 0 Å². The third kappa shape index (κ3) is 1.76. The van der Waals surface area contributed by atoms with Crippen molar-refractivity contribution < 1.29 is 9.90 Å². The van der Waals surface area contributed by atoms with Crippen LogP contribution in [0.1, 0.15) is 28.5 Å². The van der Waals surface area contributed by atoms with Crippen molar-refractivity contribution in [2.24, 2.45) is 0 Å². The predicted molar refractivity (Wildman–Crippen MR) is 67.4 cm³/mol. The number of hydrogen-bond acceptors (Lipinski definition) is 3. The standard InChI is InChI=1S/C12H12ClN3O2/c13-10-9-5-7(12(17)18)2-4-16(9)11(15-10)8-1-3-14-6-8/h2,4-5,8,14H,1,3,6H2,(H,17,18). The highest BCUT2D eigenvalue weighted by Crippen LogP contribution is 2.27. The lowest BCUT2D eigenvalue weighted by Crippen LogP contribution is -2.10. The Kier molecular flexibility index (Phi) is 2.72. The quantitative estimate of drug-likeness (QED) is 0.868. The number of aromatic carboxylic acids is 1. The van der Waals surface area contributed by atoms with Gasteiger partial charge in [-0.1, -0.05) is 11.6 Å². The molecule has 94 valence electrons. The van der Waals surface area contributed by atoms with Crippen LogP contribution in [0.2, 0.25) is 5.15 Å². The summed E-state index contributed by atoms with van der Waals surface area (Å²) < 4.78 is 1.88. The van der Waals surface area contributed by atoms with Gasteiger partial charge in [0.1, 0.15) is 5.82 Å². The molecule has 0 spiro atoms. The molecule has 2 aromatic heterocycles. The second kappa shape index (κ2) is 4.26. The average molecular weight is 266 g/mol. The van der Waals surface area contributed by atoms with Crippen LogP contribution >= 0.6 is 11.6 Å². The smallest absolute Gasteiger partial charge is 0.335 e. The number of hydrogen-bond donors (Lipinski definition) is 2. The molecule has 0 radical (unpaired) electrons. The molecule has 0 aliphatic carbocycles. The number of carboxylic acids is 1. The Morgan fingerprint density at radius 1 is 1.61 bits per heavy atom. The molecule has 1 saturated heterocycles. The Morgan fingerprint density at radius 3 is 3.11 bits per heavy atom. The van der Waals surface area contributed by atoms with Crippen LogP contribution in [0.5, 0.6) is 0 Å². The van der Waals surface area contributed by atoms with E-state index in [1.165, 1.54) is 0 Å². The van der Waals surface area contributed by atoms with Crippen molar-refractivity contribution >= 4 is 23.1 Å². The molecule has 0 amide bonds. The lowest BCUT2D eigenvalue weighted by Gasteiger charge is -2.07. The van der Waals surface area contributed by atoms with Gasteiger partial charge >= 0.3 is 5.97 Å². The fourth-order valence-electron chi connectivity index (χ4n) is 2.37. The van der Waals surface area contributed by atoms with E-state index in [1.807, 2.05) is 4.40 Å². The second-order valence-corrected chi connectivity index (χ2v) is 4.78. The Balaban J connectivity index is 2.14. The van der Waals surface area contributed by atoms with Crippen LogP contribution in [-0.2, 0) is 0 Å². The minimum Gasteiger partial charge on any atom is -0.478 e. The summed E-state index contributed by atoms with van der Waals surface area (Å²) in [6, 6.07) is 3.13. The zero-order valence-electron chi connectivity index (χ0n) is 9.56. The van der Waals surface area contributed by atoms with Crippen LogP contribution in [0.25, 0.3) is 5.52 Å². The highest BCUT2D eigenvalue weighted by molar-refractivity contribution is 6.32. The van der Waals surface area contributed by atoms with E-state index in [0.717, 1.165) is 25.3 Å². The van der Waals surface area contributed by atoms with Gasteiger partial charge in [-0.25, -0.2) is 9.78 Å². The monoisotopic (exact) mass is 265 g/mol. The Hall–Kier alpha value is -1.59. The third-order valence-corrected chi connectivity index (χ3v) is 3.58. The van der Waals surface area contributed by atoms with E-state index >= 15 is 0 Å². The van der Waals surface area contributed by atoms with E-state index in [2.05, 4.69) is 10.3 Å². The molecule has 5 nitrogen and oxygen atoms in total. The molecule has 1 atom stereocenters. The molecular weight excluding hydrogens is 254 g/mol. The highest BCUT2D eigenvalue weighted by atomic mass is 35.5. The van der Waals surface area contributed by atoms with Gasteiger partial charge in [-0.3, -0.25) is 0 Å². The SMILES string of the molecule is O=C(O)c1ccn2c(C3CCNC3)nc(Cl)c2c1. The molecule has 1 aliphatic rings. The molecule has 0 aromatic carbocycles. The first-order chi connectivity index (χ1) is 8.66. The van der Waals surface area contributed by atoms with E-state index in [0.29, 0.717) is 16.6 Å². The number of halogens is 1. The first kappa shape index (κ1) is 11.5. The predicted octanol–water partition coefficient (Wildman–Crippen LogP) is 1.76. The topological polar surface area (TPSA) is 66.6 Å². The molecule has 2 N–H and O–H groups in total. The Labute approximate surface area is 108 Å². The van der Waals surface area contributed by atoms with Crippen LogP contribution in [-0.4, -0.2) is 33.6 Å². The normalized spacial score (nSPS) is 19.5. The molecule has 1 unspecified atom stereocenters. The summed E-state index contributed by atoms with van der Waals surface area (Å²) >= 11 is 6.09. The van der Waals surface area contributed by atoms with Gasteiger partial charge in [0.2, 0.25) is 0 Å². The number of fused-ring (bicyclic) bond motifs is 1. The van der Waals surface area contributed by atoms with Crippen molar-refractivity contribution in [2.45, 2.75) is 12.3 Å². The molecule has 2 aromatic rings. The maximum atomic E-state index is 10.9. The lowest BCUT2D eigenvalue weighted by molar-refractivity contribution is 0.0697. The van der Waals surface area contributed by atoms with Gasteiger partial charge in [0.05, 0.1) is 11.1 Å². The zero-order valence-corrected chi connectivity index (χ0v) is 10.3. The van der Waals surface area contributed by atoms with Crippen LogP contribution in [0, 0.1) is 0 Å². The minimum absolute atomic E-state index is 0.223. The summed E-state index contributed by atoms with van der Waals surface area (Å²) in [7, 11) is 0. The number of nitrogens with one attached hydrogen (secondary N) is 1. The zero-order chi connectivity index (χ0) is 12.7. The molecule has 0 bridgehead atoms.